The summed E-state index contributed by atoms with van der Waals surface area (Å²) in [5, 5.41) is 10.2. The Labute approximate surface area is 148 Å². The van der Waals surface area contributed by atoms with Crippen LogP contribution in [-0.2, 0) is 9.53 Å². The standard InChI is InChI=1S/C16H18N4O4S/c1-2-3-8-24-15(23)11-4-6-12(7-5-11)18-14(22)10-25-16-19-13(21)9-17-20-16/h4-7,9H,2-3,8,10H2,1H3,(H,18,22)(H,19,20,21). The summed E-state index contributed by atoms with van der Waals surface area (Å²) in [4.78, 5) is 37.2. The molecule has 0 unspecified atom stereocenters. The summed E-state index contributed by atoms with van der Waals surface area (Å²) in [6.07, 6.45) is 2.84. The van der Waals surface area contributed by atoms with Crippen molar-refractivity contribution in [3.05, 3.63) is 46.4 Å². The Bertz CT molecular complexity index is 776. The lowest BCUT2D eigenvalue weighted by Crippen LogP contribution is -2.15. The van der Waals surface area contributed by atoms with Crippen molar-refractivity contribution >= 4 is 29.3 Å². The van der Waals surface area contributed by atoms with Crippen molar-refractivity contribution in [2.24, 2.45) is 0 Å². The number of ether oxygens (including phenoxy) is 1. The first kappa shape index (κ1) is 18.7. The highest BCUT2D eigenvalue weighted by molar-refractivity contribution is 7.99. The monoisotopic (exact) mass is 362 g/mol. The van der Waals surface area contributed by atoms with Crippen LogP contribution in [0.25, 0.3) is 0 Å². The number of amides is 1. The third kappa shape index (κ3) is 6.38. The molecule has 25 heavy (non-hydrogen) atoms. The van der Waals surface area contributed by atoms with Crippen LogP contribution in [0.5, 0.6) is 0 Å². The molecule has 0 fully saturated rings. The smallest absolute Gasteiger partial charge is 0.338 e. The van der Waals surface area contributed by atoms with Gasteiger partial charge in [-0.05, 0) is 30.7 Å². The van der Waals surface area contributed by atoms with Crippen molar-refractivity contribution in [3.8, 4) is 0 Å². The Hall–Kier alpha value is -2.68. The predicted molar refractivity (Wildman–Crippen MR) is 93.6 cm³/mol. The van der Waals surface area contributed by atoms with E-state index in [0.29, 0.717) is 17.9 Å². The number of hydrogen-bond donors (Lipinski definition) is 2. The van der Waals surface area contributed by atoms with Gasteiger partial charge in [0.2, 0.25) is 5.91 Å². The van der Waals surface area contributed by atoms with E-state index in [2.05, 4.69) is 20.5 Å². The molecule has 0 bridgehead atoms. The highest BCUT2D eigenvalue weighted by Crippen LogP contribution is 2.13. The number of carbonyl (C=O) groups excluding carboxylic acids is 2. The second-order valence-electron chi connectivity index (χ2n) is 5.04. The van der Waals surface area contributed by atoms with Crippen molar-refractivity contribution in [2.75, 3.05) is 17.7 Å². The first-order valence-corrected chi connectivity index (χ1v) is 8.69. The molecule has 0 radical (unpaired) electrons. The number of benzene rings is 1. The zero-order valence-corrected chi connectivity index (χ0v) is 14.5. The van der Waals surface area contributed by atoms with Crippen LogP contribution in [0.3, 0.4) is 0 Å². The summed E-state index contributed by atoms with van der Waals surface area (Å²) >= 11 is 1.07. The molecule has 0 saturated heterocycles. The van der Waals surface area contributed by atoms with Gasteiger partial charge in [0.25, 0.3) is 5.56 Å². The molecule has 1 amide bonds. The number of aromatic nitrogens is 3. The average Bonchev–Trinajstić information content (AvgIpc) is 2.61. The Morgan fingerprint density at radius 3 is 2.72 bits per heavy atom. The molecule has 8 nitrogen and oxygen atoms in total. The second-order valence-corrected chi connectivity index (χ2v) is 6.01. The lowest BCUT2D eigenvalue weighted by molar-refractivity contribution is -0.113. The molecule has 0 saturated carbocycles. The number of rotatable bonds is 8. The summed E-state index contributed by atoms with van der Waals surface area (Å²) in [6, 6.07) is 6.45. The number of hydrogen-bond acceptors (Lipinski definition) is 7. The van der Waals surface area contributed by atoms with Gasteiger partial charge in [0.05, 0.1) is 17.9 Å². The van der Waals surface area contributed by atoms with Gasteiger partial charge in [-0.25, -0.2) is 4.79 Å². The molecule has 1 heterocycles. The number of carbonyl (C=O) groups is 2. The van der Waals surface area contributed by atoms with E-state index in [0.717, 1.165) is 30.8 Å². The highest BCUT2D eigenvalue weighted by atomic mass is 32.2. The maximum atomic E-state index is 11.9. The van der Waals surface area contributed by atoms with Crippen LogP contribution in [0.15, 0.2) is 40.4 Å². The van der Waals surface area contributed by atoms with Gasteiger partial charge in [-0.2, -0.15) is 5.10 Å². The van der Waals surface area contributed by atoms with Crippen molar-refractivity contribution < 1.29 is 14.3 Å². The zero-order chi connectivity index (χ0) is 18.1. The summed E-state index contributed by atoms with van der Waals surface area (Å²) in [5.41, 5.74) is 0.614. The lowest BCUT2D eigenvalue weighted by atomic mass is 10.2. The van der Waals surface area contributed by atoms with E-state index in [1.165, 1.54) is 0 Å². The molecule has 2 aromatic rings. The SMILES string of the molecule is CCCCOC(=O)c1ccc(NC(=O)CSc2nncc(=O)[nH]2)cc1. The first-order valence-electron chi connectivity index (χ1n) is 7.70. The third-order valence-corrected chi connectivity index (χ3v) is 3.89. The van der Waals surface area contributed by atoms with E-state index in [9.17, 15) is 14.4 Å². The maximum Gasteiger partial charge on any atom is 0.338 e. The number of thioether (sulfide) groups is 1. The van der Waals surface area contributed by atoms with E-state index >= 15 is 0 Å². The molecule has 2 rings (SSSR count). The van der Waals surface area contributed by atoms with Crippen LogP contribution in [0.2, 0.25) is 0 Å². The maximum absolute atomic E-state index is 11.9. The Morgan fingerprint density at radius 1 is 1.28 bits per heavy atom. The quantitative estimate of drug-likeness (QED) is 0.418. The molecule has 0 aliphatic rings. The van der Waals surface area contributed by atoms with Gasteiger partial charge in [-0.15, -0.1) is 5.10 Å². The molecule has 9 heteroatoms. The average molecular weight is 362 g/mol. The van der Waals surface area contributed by atoms with E-state index in [-0.39, 0.29) is 28.3 Å². The molecule has 0 spiro atoms. The number of nitrogens with zero attached hydrogens (tertiary/aromatic N) is 2. The third-order valence-electron chi connectivity index (χ3n) is 3.03. The van der Waals surface area contributed by atoms with E-state index in [1.807, 2.05) is 6.92 Å². The minimum absolute atomic E-state index is 0.0649. The molecule has 1 aromatic carbocycles. The van der Waals surface area contributed by atoms with Crippen molar-refractivity contribution in [2.45, 2.75) is 24.9 Å². The predicted octanol–water partition coefficient (Wildman–Crippen LogP) is 1.85. The van der Waals surface area contributed by atoms with Crippen LogP contribution in [0.4, 0.5) is 5.69 Å². The van der Waals surface area contributed by atoms with Crippen LogP contribution in [-0.4, -0.2) is 39.4 Å². The highest BCUT2D eigenvalue weighted by Gasteiger charge is 2.09. The van der Waals surface area contributed by atoms with Crippen LogP contribution >= 0.6 is 11.8 Å². The molecular formula is C16H18N4O4S. The number of anilines is 1. The lowest BCUT2D eigenvalue weighted by Gasteiger charge is -2.07. The Balaban J connectivity index is 1.82. The van der Waals surface area contributed by atoms with Gasteiger partial charge in [0.15, 0.2) is 5.16 Å². The summed E-state index contributed by atoms with van der Waals surface area (Å²) in [5.74, 6) is -0.585. The topological polar surface area (TPSA) is 114 Å². The fraction of sp³-hybridized carbons (Fsp3) is 0.312. The summed E-state index contributed by atoms with van der Waals surface area (Å²) in [7, 11) is 0. The molecule has 2 N–H and O–H groups in total. The van der Waals surface area contributed by atoms with Gasteiger partial charge in [0.1, 0.15) is 6.20 Å². The first-order chi connectivity index (χ1) is 12.1. The van der Waals surface area contributed by atoms with Gasteiger partial charge >= 0.3 is 5.97 Å². The number of aromatic amines is 1. The van der Waals surface area contributed by atoms with Crippen molar-refractivity contribution in [1.82, 2.24) is 15.2 Å². The number of esters is 1. The minimum atomic E-state index is -0.381. The summed E-state index contributed by atoms with van der Waals surface area (Å²) in [6.45, 7) is 2.42. The van der Waals surface area contributed by atoms with Crippen LogP contribution < -0.4 is 10.9 Å². The number of unbranched alkanes of at least 4 members (excludes halogenated alkanes) is 1. The van der Waals surface area contributed by atoms with Crippen LogP contribution in [0.1, 0.15) is 30.1 Å². The Morgan fingerprint density at radius 2 is 2.04 bits per heavy atom. The van der Waals surface area contributed by atoms with Crippen LogP contribution in [0, 0.1) is 0 Å². The van der Waals surface area contributed by atoms with Crippen molar-refractivity contribution in [1.29, 1.82) is 0 Å². The fourth-order valence-corrected chi connectivity index (χ4v) is 2.39. The van der Waals surface area contributed by atoms with Gasteiger partial charge in [0, 0.05) is 5.69 Å². The fourth-order valence-electron chi connectivity index (χ4n) is 1.77. The van der Waals surface area contributed by atoms with Gasteiger partial charge in [-0.3, -0.25) is 14.6 Å². The van der Waals surface area contributed by atoms with E-state index < -0.39 is 0 Å². The minimum Gasteiger partial charge on any atom is -0.462 e. The number of nitrogens with one attached hydrogen (secondary N) is 2. The van der Waals surface area contributed by atoms with Gasteiger partial charge < -0.3 is 10.1 Å². The molecule has 0 aliphatic carbocycles. The zero-order valence-electron chi connectivity index (χ0n) is 13.7. The molecular weight excluding hydrogens is 344 g/mol. The molecule has 0 atom stereocenters. The molecule has 1 aromatic heterocycles. The normalized spacial score (nSPS) is 10.3. The molecule has 0 aliphatic heterocycles. The largest absolute Gasteiger partial charge is 0.462 e. The second kappa shape index (κ2) is 9.58. The van der Waals surface area contributed by atoms with Crippen molar-refractivity contribution in [3.63, 3.8) is 0 Å². The Kier molecular flexibility index (Phi) is 7.15. The molecule has 132 valence electrons. The van der Waals surface area contributed by atoms with E-state index in [4.69, 9.17) is 4.74 Å². The summed E-state index contributed by atoms with van der Waals surface area (Å²) < 4.78 is 5.12. The number of H-pyrrole nitrogens is 1. The van der Waals surface area contributed by atoms with E-state index in [1.54, 1.807) is 24.3 Å². The van der Waals surface area contributed by atoms with Gasteiger partial charge in [-0.1, -0.05) is 25.1 Å².